The monoisotopic (exact) mass is 365 g/mol. The Balaban J connectivity index is 2.24. The Morgan fingerprint density at radius 2 is 1.95 bits per heavy atom. The molecule has 0 spiro atoms. The van der Waals surface area contributed by atoms with Crippen LogP contribution in [0.2, 0.25) is 0 Å². The van der Waals surface area contributed by atoms with E-state index in [1.165, 1.54) is 0 Å². The topological polar surface area (TPSA) is 53.1 Å². The third-order valence-electron chi connectivity index (χ3n) is 2.62. The average Bonchev–Trinajstić information content (AvgIpc) is 2.41. The summed E-state index contributed by atoms with van der Waals surface area (Å²) >= 11 is 2.18. The summed E-state index contributed by atoms with van der Waals surface area (Å²) in [5, 5.41) is 6.38. The molecule has 2 N–H and O–H groups in total. The molecule has 0 unspecified atom stereocenters. The maximum absolute atomic E-state index is 4.23. The molecule has 0 atom stereocenters. The number of aromatic nitrogens is 2. The number of anilines is 4. The summed E-state index contributed by atoms with van der Waals surface area (Å²) in [4.78, 5) is 10.5. The number of halogens is 1. The standard InChI is InChI=1S/C11H14B2IN5/c1-19(13)10-3-2-8(4-9(10)18-12)17-11-15-5-7(14)6-16-11/h2-6,18H,12-13H2,1H3,(H,15,16,17). The summed E-state index contributed by atoms with van der Waals surface area (Å²) in [5.74, 6) is 0.597. The average molecular weight is 365 g/mol. The molecule has 0 saturated carbocycles. The number of hydrogen-bond acceptors (Lipinski definition) is 5. The lowest BCUT2D eigenvalue weighted by Crippen LogP contribution is -2.13. The molecule has 1 heterocycles. The molecule has 0 amide bonds. The highest BCUT2D eigenvalue weighted by Crippen LogP contribution is 2.28. The maximum Gasteiger partial charge on any atom is 0.227 e. The molecule has 1 aromatic carbocycles. The Kier molecular flexibility index (Phi) is 4.52. The molecule has 0 aliphatic rings. The molecule has 0 radical (unpaired) electrons. The first-order valence-corrected chi connectivity index (χ1v) is 6.91. The van der Waals surface area contributed by atoms with Crippen molar-refractivity contribution in [2.45, 2.75) is 0 Å². The fourth-order valence-corrected chi connectivity index (χ4v) is 1.99. The van der Waals surface area contributed by atoms with Crippen molar-refractivity contribution in [1.82, 2.24) is 9.97 Å². The fourth-order valence-electron chi connectivity index (χ4n) is 1.71. The van der Waals surface area contributed by atoms with Crippen LogP contribution in [-0.4, -0.2) is 33.0 Å². The summed E-state index contributed by atoms with van der Waals surface area (Å²) < 4.78 is 1.02. The molecule has 0 bridgehead atoms. The molecular formula is C11H14B2IN5. The van der Waals surface area contributed by atoms with E-state index in [2.05, 4.69) is 54.0 Å². The van der Waals surface area contributed by atoms with Gasteiger partial charge in [-0.2, -0.15) is 0 Å². The van der Waals surface area contributed by atoms with Crippen molar-refractivity contribution in [2.75, 3.05) is 22.4 Å². The van der Waals surface area contributed by atoms with E-state index in [-0.39, 0.29) is 0 Å². The van der Waals surface area contributed by atoms with E-state index >= 15 is 0 Å². The van der Waals surface area contributed by atoms with Crippen molar-refractivity contribution >= 4 is 61.6 Å². The van der Waals surface area contributed by atoms with Crippen LogP contribution in [0.3, 0.4) is 0 Å². The van der Waals surface area contributed by atoms with Crippen LogP contribution in [0.25, 0.3) is 0 Å². The van der Waals surface area contributed by atoms with E-state index in [9.17, 15) is 0 Å². The highest BCUT2D eigenvalue weighted by Gasteiger charge is 2.05. The van der Waals surface area contributed by atoms with E-state index in [4.69, 9.17) is 0 Å². The lowest BCUT2D eigenvalue weighted by molar-refractivity contribution is 1.15. The Morgan fingerprint density at radius 3 is 2.53 bits per heavy atom. The van der Waals surface area contributed by atoms with Gasteiger partial charge in [-0.1, -0.05) is 0 Å². The van der Waals surface area contributed by atoms with Gasteiger partial charge >= 0.3 is 0 Å². The number of nitrogens with zero attached hydrogens (tertiary/aromatic N) is 3. The third kappa shape index (κ3) is 3.52. The molecule has 0 fully saturated rings. The number of nitrogens with one attached hydrogen (secondary N) is 2. The summed E-state index contributed by atoms with van der Waals surface area (Å²) in [7, 11) is 5.95. The minimum Gasteiger partial charge on any atom is -0.433 e. The molecule has 2 rings (SSSR count). The van der Waals surface area contributed by atoms with E-state index in [1.54, 1.807) is 12.4 Å². The smallest absolute Gasteiger partial charge is 0.227 e. The molecule has 0 aliphatic heterocycles. The minimum atomic E-state index is 0.597. The lowest BCUT2D eigenvalue weighted by Gasteiger charge is -2.19. The molecule has 2 aromatic rings. The van der Waals surface area contributed by atoms with Crippen LogP contribution in [0.4, 0.5) is 23.0 Å². The highest BCUT2D eigenvalue weighted by molar-refractivity contribution is 14.1. The predicted octanol–water partition coefficient (Wildman–Crippen LogP) is 0.769. The Morgan fingerprint density at radius 1 is 1.26 bits per heavy atom. The lowest BCUT2D eigenvalue weighted by atomic mass is 10.1. The van der Waals surface area contributed by atoms with E-state index < -0.39 is 0 Å². The maximum atomic E-state index is 4.23. The van der Waals surface area contributed by atoms with Gasteiger partial charge in [0.15, 0.2) is 0 Å². The van der Waals surface area contributed by atoms with Crippen LogP contribution in [-0.2, 0) is 0 Å². The van der Waals surface area contributed by atoms with Gasteiger partial charge in [-0.15, -0.1) is 0 Å². The summed E-state index contributed by atoms with van der Waals surface area (Å²) in [6.07, 6.45) is 3.56. The van der Waals surface area contributed by atoms with Crippen LogP contribution in [0, 0.1) is 3.57 Å². The van der Waals surface area contributed by atoms with Gasteiger partial charge in [-0.05, 0) is 47.8 Å². The third-order valence-corrected chi connectivity index (χ3v) is 3.18. The highest BCUT2D eigenvalue weighted by atomic mass is 127. The van der Waals surface area contributed by atoms with Crippen molar-refractivity contribution < 1.29 is 0 Å². The molecular weight excluding hydrogens is 351 g/mol. The number of benzene rings is 1. The van der Waals surface area contributed by atoms with Crippen LogP contribution in [0.15, 0.2) is 30.6 Å². The first-order chi connectivity index (χ1) is 9.10. The molecule has 8 heteroatoms. The molecule has 0 saturated heterocycles. The van der Waals surface area contributed by atoms with Crippen LogP contribution in [0.5, 0.6) is 0 Å². The van der Waals surface area contributed by atoms with Crippen LogP contribution < -0.4 is 15.4 Å². The number of hydrogen-bond donors (Lipinski definition) is 2. The molecule has 19 heavy (non-hydrogen) atoms. The van der Waals surface area contributed by atoms with E-state index in [0.717, 1.165) is 20.6 Å². The normalized spacial score (nSPS) is 10.0. The SMILES string of the molecule is BNc1cc(Nc2ncc(I)cn2)ccc1N(B)C. The minimum absolute atomic E-state index is 0.597. The zero-order valence-corrected chi connectivity index (χ0v) is 13.3. The van der Waals surface area contributed by atoms with Crippen molar-refractivity contribution in [3.05, 3.63) is 34.2 Å². The van der Waals surface area contributed by atoms with Gasteiger partial charge in [-0.3, -0.25) is 0 Å². The van der Waals surface area contributed by atoms with Crippen LogP contribution in [0.1, 0.15) is 0 Å². The van der Waals surface area contributed by atoms with E-state index in [0.29, 0.717) is 5.95 Å². The molecule has 1 aromatic heterocycles. The van der Waals surface area contributed by atoms with Gasteiger partial charge in [0.2, 0.25) is 21.9 Å². The van der Waals surface area contributed by atoms with Gasteiger partial charge in [0.1, 0.15) is 0 Å². The quantitative estimate of drug-likeness (QED) is 0.620. The van der Waals surface area contributed by atoms with Gasteiger partial charge in [0.05, 0.1) is 0 Å². The first kappa shape index (κ1) is 14.0. The second-order valence-electron chi connectivity index (χ2n) is 4.23. The second-order valence-corrected chi connectivity index (χ2v) is 5.47. The number of rotatable bonds is 4. The van der Waals surface area contributed by atoms with Crippen molar-refractivity contribution in [2.24, 2.45) is 0 Å². The fraction of sp³-hybridized carbons (Fsp3) is 0.0909. The van der Waals surface area contributed by atoms with Gasteiger partial charge < -0.3 is 15.4 Å². The predicted molar refractivity (Wildman–Crippen MR) is 93.6 cm³/mol. The van der Waals surface area contributed by atoms with Gasteiger partial charge in [-0.25, -0.2) is 9.97 Å². The zero-order chi connectivity index (χ0) is 13.8. The van der Waals surface area contributed by atoms with Gasteiger partial charge in [0, 0.05) is 33.0 Å². The van der Waals surface area contributed by atoms with Crippen molar-refractivity contribution in [3.63, 3.8) is 0 Å². The Labute approximate surface area is 128 Å². The van der Waals surface area contributed by atoms with Gasteiger partial charge in [0.25, 0.3) is 0 Å². The Bertz CT molecular complexity index is 562. The summed E-state index contributed by atoms with van der Waals surface area (Å²) in [6, 6.07) is 6.11. The van der Waals surface area contributed by atoms with Crippen LogP contribution >= 0.6 is 22.6 Å². The molecule has 96 valence electrons. The largest absolute Gasteiger partial charge is 0.433 e. The summed E-state index contributed by atoms with van der Waals surface area (Å²) in [5.41, 5.74) is 3.15. The zero-order valence-electron chi connectivity index (χ0n) is 11.1. The molecule has 0 aliphatic carbocycles. The van der Waals surface area contributed by atoms with Crippen molar-refractivity contribution in [3.8, 4) is 0 Å². The molecule has 5 nitrogen and oxygen atoms in total. The Hall–Kier alpha value is -1.44. The first-order valence-electron chi connectivity index (χ1n) is 5.84. The van der Waals surface area contributed by atoms with E-state index in [1.807, 2.05) is 35.1 Å². The summed E-state index contributed by atoms with van der Waals surface area (Å²) in [6.45, 7) is 0. The second kappa shape index (κ2) is 6.14. The van der Waals surface area contributed by atoms with Crippen molar-refractivity contribution in [1.29, 1.82) is 0 Å².